The van der Waals surface area contributed by atoms with E-state index in [9.17, 15) is 27.6 Å². The first-order chi connectivity index (χ1) is 15.6. The molecule has 11 heteroatoms. The van der Waals surface area contributed by atoms with E-state index in [0.717, 1.165) is 21.6 Å². The molecule has 3 aromatic rings. The van der Waals surface area contributed by atoms with E-state index in [2.05, 4.69) is 15.5 Å². The minimum atomic E-state index is -4.55. The van der Waals surface area contributed by atoms with Gasteiger partial charge in [-0.1, -0.05) is 26.0 Å². The van der Waals surface area contributed by atoms with Crippen molar-refractivity contribution in [1.82, 2.24) is 24.8 Å². The van der Waals surface area contributed by atoms with Crippen molar-refractivity contribution in [3.8, 4) is 0 Å². The Morgan fingerprint density at radius 1 is 1.03 bits per heavy atom. The van der Waals surface area contributed by atoms with Gasteiger partial charge < -0.3 is 5.32 Å². The summed E-state index contributed by atoms with van der Waals surface area (Å²) in [6.45, 7) is 3.46. The average Bonchev–Trinajstić information content (AvgIpc) is 3.28. The van der Waals surface area contributed by atoms with Crippen LogP contribution < -0.4 is 5.32 Å². The Morgan fingerprint density at radius 3 is 2.24 bits per heavy atom. The Labute approximate surface area is 186 Å². The summed E-state index contributed by atoms with van der Waals surface area (Å²) in [5, 5.41) is 10.3. The molecule has 1 atom stereocenters. The number of carbonyl (C=O) groups is 3. The first-order valence-electron chi connectivity index (χ1n) is 10.2. The maximum Gasteiger partial charge on any atom is 0.417 e. The topological polar surface area (TPSA) is 96.7 Å². The highest BCUT2D eigenvalue weighted by molar-refractivity contribution is 6.22. The van der Waals surface area contributed by atoms with Gasteiger partial charge in [0, 0.05) is 6.20 Å². The molecular weight excluding hydrogens is 439 g/mol. The smallest absolute Gasteiger partial charge is 0.347 e. The molecule has 0 spiro atoms. The van der Waals surface area contributed by atoms with Crippen molar-refractivity contribution in [2.45, 2.75) is 39.0 Å². The molecule has 8 nitrogen and oxygen atoms in total. The second-order valence-corrected chi connectivity index (χ2v) is 8.15. The summed E-state index contributed by atoms with van der Waals surface area (Å²) in [5.41, 5.74) is -0.239. The molecule has 172 valence electrons. The minimum Gasteiger partial charge on any atom is -0.347 e. The van der Waals surface area contributed by atoms with Gasteiger partial charge in [-0.05, 0) is 36.6 Å². The molecule has 0 bridgehead atoms. The standard InChI is InChI=1S/C22H20F3N5O3/c1-12(2)9-16(30-20(32)14-5-3-4-6-15(14)21(30)33)19(31)26-10-18-28-27-17-8-7-13(11-29(17)18)22(23,24)25/h3-8,11-12,16H,9-10H2,1-2H3,(H,26,31)/t16-/m1/s1. The lowest BCUT2D eigenvalue weighted by Gasteiger charge is -2.26. The maximum atomic E-state index is 13.1. The number of nitrogens with one attached hydrogen (secondary N) is 1. The molecule has 33 heavy (non-hydrogen) atoms. The van der Waals surface area contributed by atoms with E-state index in [-0.39, 0.29) is 41.5 Å². The molecule has 0 aliphatic carbocycles. The molecule has 4 rings (SSSR count). The zero-order chi connectivity index (χ0) is 23.9. The van der Waals surface area contributed by atoms with Crippen molar-refractivity contribution in [2.24, 2.45) is 5.92 Å². The third-order valence-corrected chi connectivity index (χ3v) is 5.36. The van der Waals surface area contributed by atoms with Gasteiger partial charge in [-0.2, -0.15) is 13.2 Å². The molecule has 1 aliphatic rings. The number of benzene rings is 1. The zero-order valence-corrected chi connectivity index (χ0v) is 17.8. The van der Waals surface area contributed by atoms with Gasteiger partial charge in [-0.15, -0.1) is 10.2 Å². The number of imide groups is 1. The van der Waals surface area contributed by atoms with Crippen LogP contribution in [0.2, 0.25) is 0 Å². The van der Waals surface area contributed by atoms with Crippen molar-refractivity contribution >= 4 is 23.4 Å². The van der Waals surface area contributed by atoms with Gasteiger partial charge in [0.2, 0.25) is 5.91 Å². The van der Waals surface area contributed by atoms with Crippen LogP contribution in [0.25, 0.3) is 5.65 Å². The van der Waals surface area contributed by atoms with Gasteiger partial charge >= 0.3 is 6.18 Å². The molecule has 1 aliphatic heterocycles. The van der Waals surface area contributed by atoms with Crippen LogP contribution in [0.3, 0.4) is 0 Å². The lowest BCUT2D eigenvalue weighted by atomic mass is 10.0. The van der Waals surface area contributed by atoms with Gasteiger partial charge in [-0.3, -0.25) is 23.7 Å². The number of halogens is 3. The number of hydrogen-bond donors (Lipinski definition) is 1. The number of amides is 3. The normalized spacial score (nSPS) is 14.8. The number of aromatic nitrogens is 3. The number of pyridine rings is 1. The third-order valence-electron chi connectivity index (χ3n) is 5.36. The number of hydrogen-bond acceptors (Lipinski definition) is 5. The van der Waals surface area contributed by atoms with E-state index >= 15 is 0 Å². The molecule has 3 heterocycles. The number of nitrogens with zero attached hydrogens (tertiary/aromatic N) is 4. The molecular formula is C22H20F3N5O3. The highest BCUT2D eigenvalue weighted by Gasteiger charge is 2.42. The SMILES string of the molecule is CC(C)C[C@H](C(=O)NCc1nnc2ccc(C(F)(F)F)cn12)N1C(=O)c2ccccc2C1=O. The largest absolute Gasteiger partial charge is 0.417 e. The molecule has 1 aromatic carbocycles. The summed E-state index contributed by atoms with van der Waals surface area (Å²) in [6.07, 6.45) is -3.48. The summed E-state index contributed by atoms with van der Waals surface area (Å²) in [5.74, 6) is -1.66. The summed E-state index contributed by atoms with van der Waals surface area (Å²) < 4.78 is 40.3. The van der Waals surface area contributed by atoms with Crippen LogP contribution in [-0.4, -0.2) is 43.3 Å². The quantitative estimate of drug-likeness (QED) is 0.572. The highest BCUT2D eigenvalue weighted by Crippen LogP contribution is 2.29. The summed E-state index contributed by atoms with van der Waals surface area (Å²) >= 11 is 0. The van der Waals surface area contributed by atoms with E-state index in [4.69, 9.17) is 0 Å². The van der Waals surface area contributed by atoms with Crippen LogP contribution in [0.4, 0.5) is 13.2 Å². The Kier molecular flexibility index (Phi) is 5.64. The molecule has 1 N–H and O–H groups in total. The fourth-order valence-electron chi connectivity index (χ4n) is 3.78. The molecule has 0 fully saturated rings. The molecule has 0 radical (unpaired) electrons. The van der Waals surface area contributed by atoms with Crippen molar-refractivity contribution in [3.63, 3.8) is 0 Å². The first kappa shape index (κ1) is 22.4. The fraction of sp³-hybridized carbons (Fsp3) is 0.318. The Morgan fingerprint density at radius 2 is 1.67 bits per heavy atom. The van der Waals surface area contributed by atoms with Gasteiger partial charge in [0.15, 0.2) is 11.5 Å². The molecule has 0 unspecified atom stereocenters. The zero-order valence-electron chi connectivity index (χ0n) is 17.8. The van der Waals surface area contributed by atoms with Gasteiger partial charge in [-0.25, -0.2) is 0 Å². The van der Waals surface area contributed by atoms with E-state index in [1.165, 1.54) is 18.2 Å². The second kappa shape index (κ2) is 8.30. The lowest BCUT2D eigenvalue weighted by molar-refractivity contribution is -0.137. The van der Waals surface area contributed by atoms with Crippen LogP contribution in [-0.2, 0) is 17.5 Å². The Balaban J connectivity index is 1.57. The van der Waals surface area contributed by atoms with Gasteiger partial charge in [0.25, 0.3) is 11.8 Å². The van der Waals surface area contributed by atoms with E-state index in [1.807, 2.05) is 13.8 Å². The van der Waals surface area contributed by atoms with Crippen molar-refractivity contribution in [2.75, 3.05) is 0 Å². The number of rotatable bonds is 6. The molecule has 3 amide bonds. The third kappa shape index (κ3) is 4.18. The Bertz CT molecular complexity index is 1220. The van der Waals surface area contributed by atoms with Crippen molar-refractivity contribution in [3.05, 3.63) is 65.1 Å². The second-order valence-electron chi connectivity index (χ2n) is 8.15. The number of alkyl halides is 3. The van der Waals surface area contributed by atoms with Crippen molar-refractivity contribution < 1.29 is 27.6 Å². The monoisotopic (exact) mass is 459 g/mol. The minimum absolute atomic E-state index is 0.0201. The summed E-state index contributed by atoms with van der Waals surface area (Å²) in [4.78, 5) is 39.8. The molecule has 2 aromatic heterocycles. The van der Waals surface area contributed by atoms with E-state index in [1.54, 1.807) is 12.1 Å². The number of fused-ring (bicyclic) bond motifs is 2. The predicted octanol–water partition coefficient (Wildman–Crippen LogP) is 3.08. The van der Waals surface area contributed by atoms with Crippen LogP contribution in [0.1, 0.15) is 52.4 Å². The molecule has 0 saturated heterocycles. The Hall–Kier alpha value is -3.76. The van der Waals surface area contributed by atoms with Crippen LogP contribution >= 0.6 is 0 Å². The maximum absolute atomic E-state index is 13.1. The van der Waals surface area contributed by atoms with Crippen LogP contribution in [0.15, 0.2) is 42.6 Å². The van der Waals surface area contributed by atoms with E-state index < -0.39 is 35.5 Å². The first-order valence-corrected chi connectivity index (χ1v) is 10.2. The molecule has 0 saturated carbocycles. The highest BCUT2D eigenvalue weighted by atomic mass is 19.4. The van der Waals surface area contributed by atoms with Crippen LogP contribution in [0, 0.1) is 5.92 Å². The number of carbonyl (C=O) groups excluding carboxylic acids is 3. The average molecular weight is 459 g/mol. The van der Waals surface area contributed by atoms with Crippen LogP contribution in [0.5, 0.6) is 0 Å². The fourth-order valence-corrected chi connectivity index (χ4v) is 3.78. The van der Waals surface area contributed by atoms with Gasteiger partial charge in [0.1, 0.15) is 6.04 Å². The summed E-state index contributed by atoms with van der Waals surface area (Å²) in [7, 11) is 0. The van der Waals surface area contributed by atoms with E-state index in [0.29, 0.717) is 0 Å². The van der Waals surface area contributed by atoms with Gasteiger partial charge in [0.05, 0.1) is 23.2 Å². The predicted molar refractivity (Wildman–Crippen MR) is 110 cm³/mol. The lowest BCUT2D eigenvalue weighted by Crippen LogP contribution is -2.50. The van der Waals surface area contributed by atoms with Crippen molar-refractivity contribution in [1.29, 1.82) is 0 Å². The summed E-state index contributed by atoms with van der Waals surface area (Å²) in [6, 6.07) is 7.32.